The maximum absolute atomic E-state index is 5.48. The Morgan fingerprint density at radius 1 is 0.212 bits per heavy atom. The van der Waals surface area contributed by atoms with Crippen LogP contribution in [0.4, 0.5) is 0 Å². The van der Waals surface area contributed by atoms with E-state index < -0.39 is 0 Å². The molecular weight excluding hydrogens is 649 g/mol. The highest BCUT2D eigenvalue weighted by Crippen LogP contribution is 2.08. The monoisotopic (exact) mass is 749 g/mol. The molecule has 0 N–H and O–H groups in total. The van der Waals surface area contributed by atoms with Gasteiger partial charge >= 0.3 is 0 Å². The van der Waals surface area contributed by atoms with Crippen molar-refractivity contribution in [2.75, 3.05) is 79.3 Å². The molecule has 0 fully saturated rings. The summed E-state index contributed by atoms with van der Waals surface area (Å²) in [4.78, 5) is 0. The van der Waals surface area contributed by atoms with Gasteiger partial charge in [-0.3, -0.25) is 0 Å². The van der Waals surface area contributed by atoms with Gasteiger partial charge in [-0.05, 0) is 85.9 Å². The van der Waals surface area contributed by atoms with Crippen LogP contribution in [-0.2, 0) is 28.4 Å². The van der Waals surface area contributed by atoms with Gasteiger partial charge in [0.15, 0.2) is 0 Å². The van der Waals surface area contributed by atoms with E-state index in [1.165, 1.54) is 64.2 Å². The van der Waals surface area contributed by atoms with Gasteiger partial charge in [-0.1, -0.05) is 136 Å². The van der Waals surface area contributed by atoms with Crippen LogP contribution >= 0.6 is 0 Å². The fourth-order valence-electron chi connectivity index (χ4n) is 4.42. The van der Waals surface area contributed by atoms with E-state index in [0.717, 1.165) is 103 Å². The molecule has 0 amide bonds. The van der Waals surface area contributed by atoms with E-state index in [9.17, 15) is 0 Å². The molecule has 0 aliphatic heterocycles. The summed E-state index contributed by atoms with van der Waals surface area (Å²) < 4.78 is 32.6. The molecule has 52 heavy (non-hydrogen) atoms. The molecule has 0 saturated heterocycles. The van der Waals surface area contributed by atoms with E-state index in [1.54, 1.807) is 0 Å². The molecular formula is C46H100O6. The van der Waals surface area contributed by atoms with Gasteiger partial charge in [-0.25, -0.2) is 0 Å². The first kappa shape index (κ1) is 58.5. The zero-order valence-electron chi connectivity index (χ0n) is 38.6. The molecule has 0 aromatic rings. The third-order valence-corrected chi connectivity index (χ3v) is 7.33. The lowest BCUT2D eigenvalue weighted by molar-refractivity contribution is 0.0360. The number of rotatable bonds is 32. The molecule has 0 spiro atoms. The lowest BCUT2D eigenvalue weighted by Gasteiger charge is -2.08. The quantitative estimate of drug-likeness (QED) is 0.0639. The predicted octanol–water partition coefficient (Wildman–Crippen LogP) is 13.2. The van der Waals surface area contributed by atoms with Crippen molar-refractivity contribution in [1.29, 1.82) is 0 Å². The predicted molar refractivity (Wildman–Crippen MR) is 230 cm³/mol. The molecule has 0 unspecified atom stereocenters. The first-order chi connectivity index (χ1) is 24.5. The van der Waals surface area contributed by atoms with E-state index in [2.05, 4.69) is 111 Å². The van der Waals surface area contributed by atoms with Gasteiger partial charge in [-0.15, -0.1) is 0 Å². The summed E-state index contributed by atoms with van der Waals surface area (Å²) in [5.41, 5.74) is 0. The Balaban J connectivity index is -0.000000296. The van der Waals surface area contributed by atoms with Gasteiger partial charge in [0, 0.05) is 52.9 Å². The third-order valence-electron chi connectivity index (χ3n) is 7.33. The minimum absolute atomic E-state index is 0.621. The van der Waals surface area contributed by atoms with Crippen molar-refractivity contribution in [3.05, 3.63) is 0 Å². The molecule has 0 aromatic heterocycles. The van der Waals surface area contributed by atoms with E-state index in [-0.39, 0.29) is 0 Å². The molecule has 0 bridgehead atoms. The van der Waals surface area contributed by atoms with Crippen molar-refractivity contribution in [3.8, 4) is 0 Å². The molecule has 0 radical (unpaired) electrons. The van der Waals surface area contributed by atoms with Crippen LogP contribution < -0.4 is 0 Å². The van der Waals surface area contributed by atoms with Gasteiger partial charge in [0.2, 0.25) is 0 Å². The Kier molecular flexibility index (Phi) is 52.7. The molecule has 0 aliphatic rings. The normalized spacial score (nSPS) is 11.5. The van der Waals surface area contributed by atoms with Crippen molar-refractivity contribution in [2.45, 2.75) is 175 Å². The molecule has 6 nitrogen and oxygen atoms in total. The van der Waals surface area contributed by atoms with Crippen molar-refractivity contribution in [1.82, 2.24) is 0 Å². The van der Waals surface area contributed by atoms with Gasteiger partial charge in [0.25, 0.3) is 0 Å². The fourth-order valence-corrected chi connectivity index (χ4v) is 4.42. The summed E-state index contributed by atoms with van der Waals surface area (Å²) in [6, 6.07) is 0. The van der Waals surface area contributed by atoms with Crippen LogP contribution in [0.5, 0.6) is 0 Å². The van der Waals surface area contributed by atoms with Crippen LogP contribution in [0.2, 0.25) is 0 Å². The Hall–Kier alpha value is -0.240. The summed E-state index contributed by atoms with van der Waals surface area (Å²) in [7, 11) is 0. The largest absolute Gasteiger partial charge is 0.381 e. The van der Waals surface area contributed by atoms with Crippen molar-refractivity contribution >= 4 is 0 Å². The summed E-state index contributed by atoms with van der Waals surface area (Å²) >= 11 is 0. The molecule has 0 heterocycles. The standard InChI is InChI=1S/2C12H26O2.2C11H24O/c2*1-11(2)6-5-7-13-8-9-14-10-12(3)4;2*1-10(2)7-5-6-8-12-9-11(3)4/h2*11-12H,5-10H2,1-4H3;2*10-11H,5-9H2,1-4H3. The number of unbranched alkanes of at least 4 members (excludes halogenated alkanes) is 2. The third kappa shape index (κ3) is 74.8. The molecule has 0 aromatic carbocycles. The second-order valence-electron chi connectivity index (χ2n) is 18.0. The minimum atomic E-state index is 0.621. The maximum Gasteiger partial charge on any atom is 0.0700 e. The maximum atomic E-state index is 5.48. The molecule has 320 valence electrons. The number of ether oxygens (including phenoxy) is 6. The Morgan fingerprint density at radius 2 is 0.423 bits per heavy atom. The highest BCUT2D eigenvalue weighted by molar-refractivity contribution is 4.49. The summed E-state index contributed by atoms with van der Waals surface area (Å²) in [5.74, 6) is 5.86. The molecule has 0 saturated carbocycles. The second kappa shape index (κ2) is 46.9. The Bertz CT molecular complexity index is 500. The molecule has 0 atom stereocenters. The highest BCUT2D eigenvalue weighted by Gasteiger charge is 1.99. The van der Waals surface area contributed by atoms with Crippen molar-refractivity contribution in [2.24, 2.45) is 47.3 Å². The van der Waals surface area contributed by atoms with E-state index >= 15 is 0 Å². The first-order valence-corrected chi connectivity index (χ1v) is 22.0. The average Bonchev–Trinajstić information content (AvgIpc) is 3.03. The Labute approximate surface area is 329 Å². The van der Waals surface area contributed by atoms with Gasteiger partial charge in [-0.2, -0.15) is 0 Å². The van der Waals surface area contributed by atoms with Gasteiger partial charge in [0.1, 0.15) is 0 Å². The number of hydrogen-bond acceptors (Lipinski definition) is 6. The van der Waals surface area contributed by atoms with Crippen LogP contribution in [0.15, 0.2) is 0 Å². The summed E-state index contributed by atoms with van der Waals surface area (Å²) in [5, 5.41) is 0. The van der Waals surface area contributed by atoms with Crippen LogP contribution in [0, 0.1) is 47.3 Å². The Morgan fingerprint density at radius 3 is 0.673 bits per heavy atom. The second-order valence-corrected chi connectivity index (χ2v) is 18.0. The van der Waals surface area contributed by atoms with Crippen LogP contribution in [0.25, 0.3) is 0 Å². The fraction of sp³-hybridized carbons (Fsp3) is 1.00. The van der Waals surface area contributed by atoms with Crippen molar-refractivity contribution < 1.29 is 28.4 Å². The summed E-state index contributed by atoms with van der Waals surface area (Å²) in [6.07, 6.45) is 12.6. The number of hydrogen-bond donors (Lipinski definition) is 0. The molecule has 0 aliphatic carbocycles. The van der Waals surface area contributed by atoms with Crippen molar-refractivity contribution in [3.63, 3.8) is 0 Å². The minimum Gasteiger partial charge on any atom is -0.381 e. The summed E-state index contributed by atoms with van der Waals surface area (Å²) in [6.45, 7) is 45.6. The first-order valence-electron chi connectivity index (χ1n) is 22.0. The van der Waals surface area contributed by atoms with Crippen LogP contribution in [0.3, 0.4) is 0 Å². The smallest absolute Gasteiger partial charge is 0.0700 e. The highest BCUT2D eigenvalue weighted by atomic mass is 16.5. The van der Waals surface area contributed by atoms with E-state index in [0.29, 0.717) is 23.7 Å². The zero-order chi connectivity index (χ0) is 40.4. The van der Waals surface area contributed by atoms with Gasteiger partial charge in [0.05, 0.1) is 26.4 Å². The van der Waals surface area contributed by atoms with E-state index in [4.69, 9.17) is 28.4 Å². The SMILES string of the molecule is CC(C)CCCCOCC(C)C.CC(C)CCCCOCC(C)C.CC(C)CCCOCCOCC(C)C.CC(C)CCCOCCOCC(C)C. The average molecular weight is 749 g/mol. The zero-order valence-corrected chi connectivity index (χ0v) is 38.6. The van der Waals surface area contributed by atoms with Gasteiger partial charge < -0.3 is 28.4 Å². The van der Waals surface area contributed by atoms with E-state index in [1.807, 2.05) is 0 Å². The lowest BCUT2D eigenvalue weighted by atomic mass is 10.1. The molecule has 0 rings (SSSR count). The van der Waals surface area contributed by atoms with Crippen LogP contribution in [0.1, 0.15) is 175 Å². The topological polar surface area (TPSA) is 55.4 Å². The lowest BCUT2D eigenvalue weighted by Crippen LogP contribution is -2.09. The van der Waals surface area contributed by atoms with Crippen LogP contribution in [-0.4, -0.2) is 79.3 Å². The molecule has 6 heteroatoms.